The second-order valence-corrected chi connectivity index (χ2v) is 12.1. The Kier molecular flexibility index (Phi) is 10.2. The van der Waals surface area contributed by atoms with Crippen LogP contribution in [0.15, 0.2) is 52.0 Å². The maximum Gasteiger partial charge on any atom is 0.253 e. The highest BCUT2D eigenvalue weighted by Crippen LogP contribution is 2.33. The number of furan rings is 2. The molecule has 3 aromatic heterocycles. The molecular formula is C22H28N8O4S3. The topological polar surface area (TPSA) is 141 Å². The number of carbonyl (C=O) groups excluding carboxylic acids is 2. The number of anilines is 2. The Bertz CT molecular complexity index is 1160. The van der Waals surface area contributed by atoms with Crippen LogP contribution in [-0.2, 0) is 9.59 Å². The third-order valence-electron chi connectivity index (χ3n) is 4.52. The molecule has 3 heterocycles. The van der Waals surface area contributed by atoms with Gasteiger partial charge in [0, 0.05) is 40.3 Å². The zero-order valence-corrected chi connectivity index (χ0v) is 23.6. The smallest absolute Gasteiger partial charge is 0.253 e. The molecule has 0 saturated carbocycles. The summed E-state index contributed by atoms with van der Waals surface area (Å²) in [6, 6.07) is 7.15. The highest BCUT2D eigenvalue weighted by atomic mass is 32.2. The Hall–Kier alpha value is -3.30. The summed E-state index contributed by atoms with van der Waals surface area (Å²) >= 11 is 3.81. The molecule has 0 bridgehead atoms. The molecule has 3 aromatic rings. The van der Waals surface area contributed by atoms with E-state index in [1.165, 1.54) is 47.3 Å². The van der Waals surface area contributed by atoms with E-state index >= 15 is 0 Å². The minimum absolute atomic E-state index is 0.287. The van der Waals surface area contributed by atoms with Gasteiger partial charge in [-0.3, -0.25) is 9.59 Å². The lowest BCUT2D eigenvalue weighted by Gasteiger charge is -2.07. The summed E-state index contributed by atoms with van der Waals surface area (Å²) in [5, 5.41) is 15.2. The number of hydrogen-bond acceptors (Lipinski definition) is 13. The molecule has 37 heavy (non-hydrogen) atoms. The van der Waals surface area contributed by atoms with Gasteiger partial charge >= 0.3 is 0 Å². The lowest BCUT2D eigenvalue weighted by Crippen LogP contribution is -2.26. The second kappa shape index (κ2) is 13.3. The van der Waals surface area contributed by atoms with Crippen molar-refractivity contribution in [3.05, 3.63) is 35.8 Å². The number of amides is 2. The number of hydrogen-bond donors (Lipinski definition) is 2. The van der Waals surface area contributed by atoms with Gasteiger partial charge in [0.1, 0.15) is 11.5 Å². The van der Waals surface area contributed by atoms with Crippen molar-refractivity contribution in [2.75, 3.05) is 38.0 Å². The van der Waals surface area contributed by atoms with Crippen LogP contribution in [0.2, 0.25) is 0 Å². The fourth-order valence-corrected chi connectivity index (χ4v) is 5.80. The second-order valence-electron chi connectivity index (χ2n) is 7.96. The standard InChI is InChI=1S/C22H28N8O4S3/c1-13(19(31)25-23-11-15-7-9-17(33-15)29(3)4)35-21-27-28-22(37-21)36-14(2)20(32)26-24-12-16-8-10-18(34-16)30(5)6/h7-14H,1-6H3,(H,25,31)(H,26,32)/b23-11-,24-12-/t13-,14-/m0/s1. The van der Waals surface area contributed by atoms with Crippen molar-refractivity contribution < 1.29 is 18.4 Å². The average molecular weight is 565 g/mol. The zero-order valence-electron chi connectivity index (χ0n) is 21.2. The van der Waals surface area contributed by atoms with Gasteiger partial charge in [0.05, 0.1) is 22.9 Å². The summed E-state index contributed by atoms with van der Waals surface area (Å²) in [7, 11) is 7.47. The van der Waals surface area contributed by atoms with E-state index in [1.54, 1.807) is 26.0 Å². The Labute approximate surface area is 226 Å². The predicted octanol–water partition coefficient (Wildman–Crippen LogP) is 3.12. The number of carbonyl (C=O) groups is 2. The summed E-state index contributed by atoms with van der Waals surface area (Å²) in [4.78, 5) is 28.4. The fraction of sp³-hybridized carbons (Fsp3) is 0.364. The molecule has 0 unspecified atom stereocenters. The van der Waals surface area contributed by atoms with E-state index in [2.05, 4.69) is 31.3 Å². The van der Waals surface area contributed by atoms with Crippen LogP contribution in [0, 0.1) is 0 Å². The first-order valence-corrected chi connectivity index (χ1v) is 13.6. The van der Waals surface area contributed by atoms with E-state index in [4.69, 9.17) is 8.83 Å². The Morgan fingerprint density at radius 3 is 1.59 bits per heavy atom. The molecule has 0 spiro atoms. The van der Waals surface area contributed by atoms with Crippen molar-refractivity contribution in [2.45, 2.75) is 33.0 Å². The maximum absolute atomic E-state index is 12.4. The Balaban J connectivity index is 1.43. The minimum Gasteiger partial charge on any atom is -0.440 e. The molecule has 2 atom stereocenters. The number of rotatable bonds is 12. The highest BCUT2D eigenvalue weighted by Gasteiger charge is 2.20. The third-order valence-corrected chi connectivity index (χ3v) is 7.81. The van der Waals surface area contributed by atoms with Gasteiger partial charge in [-0.1, -0.05) is 34.9 Å². The van der Waals surface area contributed by atoms with Crippen molar-refractivity contribution in [1.29, 1.82) is 0 Å². The van der Waals surface area contributed by atoms with E-state index in [0.717, 1.165) is 0 Å². The largest absolute Gasteiger partial charge is 0.440 e. The molecule has 198 valence electrons. The van der Waals surface area contributed by atoms with Crippen LogP contribution < -0.4 is 20.7 Å². The van der Waals surface area contributed by atoms with Crippen molar-refractivity contribution in [3.63, 3.8) is 0 Å². The quantitative estimate of drug-likeness (QED) is 0.191. The molecule has 0 saturated heterocycles. The average Bonchev–Trinajstić information content (AvgIpc) is 3.60. The third kappa shape index (κ3) is 8.65. The molecule has 0 fully saturated rings. The van der Waals surface area contributed by atoms with Gasteiger partial charge in [0.15, 0.2) is 20.4 Å². The molecule has 0 aromatic carbocycles. The van der Waals surface area contributed by atoms with Gasteiger partial charge in [0.2, 0.25) is 0 Å². The first-order chi connectivity index (χ1) is 17.6. The monoisotopic (exact) mass is 564 g/mol. The summed E-state index contributed by atoms with van der Waals surface area (Å²) in [6.45, 7) is 3.49. The molecule has 3 rings (SSSR count). The first kappa shape index (κ1) is 28.3. The molecular weight excluding hydrogens is 536 g/mol. The van der Waals surface area contributed by atoms with Crippen molar-refractivity contribution in [2.24, 2.45) is 10.2 Å². The predicted molar refractivity (Wildman–Crippen MR) is 148 cm³/mol. The first-order valence-electron chi connectivity index (χ1n) is 11.0. The molecule has 2 N–H and O–H groups in total. The normalized spacial score (nSPS) is 13.1. The molecule has 0 aliphatic heterocycles. The van der Waals surface area contributed by atoms with Crippen LogP contribution in [0.4, 0.5) is 11.8 Å². The number of nitrogens with zero attached hydrogens (tertiary/aromatic N) is 6. The summed E-state index contributed by atoms with van der Waals surface area (Å²) < 4.78 is 12.3. The molecule has 0 aliphatic rings. The Morgan fingerprint density at radius 1 is 0.838 bits per heavy atom. The van der Waals surface area contributed by atoms with Crippen LogP contribution in [0.1, 0.15) is 25.4 Å². The van der Waals surface area contributed by atoms with E-state index in [0.29, 0.717) is 32.0 Å². The van der Waals surface area contributed by atoms with Gasteiger partial charge in [0.25, 0.3) is 11.8 Å². The van der Waals surface area contributed by atoms with Crippen LogP contribution in [0.3, 0.4) is 0 Å². The van der Waals surface area contributed by atoms with Gasteiger partial charge in [-0.15, -0.1) is 10.2 Å². The lowest BCUT2D eigenvalue weighted by molar-refractivity contribution is -0.121. The van der Waals surface area contributed by atoms with E-state index in [9.17, 15) is 9.59 Å². The SMILES string of the molecule is C[C@H](Sc1nnc(S[C@@H](C)C(=O)N/N=C\c2ccc(N(C)C)o2)s1)C(=O)N/N=C\c1ccc(N(C)C)o1. The van der Waals surface area contributed by atoms with E-state index in [1.807, 2.05) is 50.1 Å². The maximum atomic E-state index is 12.4. The van der Waals surface area contributed by atoms with Crippen molar-refractivity contribution >= 4 is 70.9 Å². The summed E-state index contributed by atoms with van der Waals surface area (Å²) in [6.07, 6.45) is 2.88. The molecule has 15 heteroatoms. The highest BCUT2D eigenvalue weighted by molar-refractivity contribution is 8.04. The molecule has 2 amide bonds. The number of thioether (sulfide) groups is 2. The number of nitrogens with one attached hydrogen (secondary N) is 2. The number of hydrazone groups is 2. The van der Waals surface area contributed by atoms with Crippen LogP contribution >= 0.6 is 34.9 Å². The van der Waals surface area contributed by atoms with E-state index < -0.39 is 10.5 Å². The summed E-state index contributed by atoms with van der Waals surface area (Å²) in [5.74, 6) is 1.86. The number of aromatic nitrogens is 2. The van der Waals surface area contributed by atoms with Gasteiger partial charge in [-0.25, -0.2) is 10.9 Å². The van der Waals surface area contributed by atoms with Gasteiger partial charge in [-0.2, -0.15) is 10.2 Å². The Morgan fingerprint density at radius 2 is 1.24 bits per heavy atom. The molecule has 0 radical (unpaired) electrons. The fourth-order valence-electron chi connectivity index (χ4n) is 2.51. The van der Waals surface area contributed by atoms with Crippen molar-refractivity contribution in [1.82, 2.24) is 21.0 Å². The molecule has 12 nitrogen and oxygen atoms in total. The van der Waals surface area contributed by atoms with Crippen LogP contribution in [0.5, 0.6) is 0 Å². The van der Waals surface area contributed by atoms with Crippen LogP contribution in [-0.4, -0.2) is 73.1 Å². The summed E-state index contributed by atoms with van der Waals surface area (Å²) in [5.41, 5.74) is 4.99. The van der Waals surface area contributed by atoms with Crippen molar-refractivity contribution in [3.8, 4) is 0 Å². The van der Waals surface area contributed by atoms with Gasteiger partial charge < -0.3 is 18.6 Å². The minimum atomic E-state index is -0.457. The zero-order chi connectivity index (χ0) is 26.9. The molecule has 0 aliphatic carbocycles. The lowest BCUT2D eigenvalue weighted by atomic mass is 10.4. The van der Waals surface area contributed by atoms with Crippen LogP contribution in [0.25, 0.3) is 0 Å². The van der Waals surface area contributed by atoms with E-state index in [-0.39, 0.29) is 11.8 Å². The van der Waals surface area contributed by atoms with Gasteiger partial charge in [-0.05, 0) is 26.0 Å².